The Hall–Kier alpha value is -1.39. The van der Waals surface area contributed by atoms with Crippen molar-refractivity contribution in [1.29, 1.82) is 0 Å². The molecule has 0 atom stereocenters. The molecule has 1 aromatic rings. The zero-order valence-corrected chi connectivity index (χ0v) is 12.7. The molecule has 1 amide bonds. The van der Waals surface area contributed by atoms with Gasteiger partial charge in [-0.2, -0.15) is 0 Å². The van der Waals surface area contributed by atoms with E-state index < -0.39 is 0 Å². The summed E-state index contributed by atoms with van der Waals surface area (Å²) in [5, 5.41) is 2.87. The second kappa shape index (κ2) is 8.02. The topological polar surface area (TPSA) is 64.3 Å². The predicted octanol–water partition coefficient (Wildman–Crippen LogP) is 2.68. The highest BCUT2D eigenvalue weighted by molar-refractivity contribution is 5.90. The van der Waals surface area contributed by atoms with Gasteiger partial charge in [-0.1, -0.05) is 32.9 Å². The second-order valence-electron chi connectivity index (χ2n) is 5.58. The molecule has 0 aliphatic heterocycles. The molecule has 0 aliphatic rings. The van der Waals surface area contributed by atoms with Gasteiger partial charge in [-0.15, -0.1) is 0 Å². The Balaban J connectivity index is 2.47. The summed E-state index contributed by atoms with van der Waals surface area (Å²) >= 11 is 0. The van der Waals surface area contributed by atoms with Crippen molar-refractivity contribution in [2.24, 2.45) is 5.73 Å². The molecule has 0 saturated carbocycles. The third kappa shape index (κ3) is 5.31. The maximum atomic E-state index is 11.7. The van der Waals surface area contributed by atoms with E-state index in [1.54, 1.807) is 0 Å². The number of hydrogen-bond donors (Lipinski definition) is 2. The lowest BCUT2D eigenvalue weighted by atomic mass is 9.85. The summed E-state index contributed by atoms with van der Waals surface area (Å²) in [6, 6.07) is 7.85. The van der Waals surface area contributed by atoms with Gasteiger partial charge < -0.3 is 15.8 Å². The van der Waals surface area contributed by atoms with Crippen molar-refractivity contribution >= 4 is 11.6 Å². The van der Waals surface area contributed by atoms with Crippen molar-refractivity contribution in [2.45, 2.75) is 39.0 Å². The number of carbonyl (C=O) groups is 1. The average Bonchev–Trinajstić information content (AvgIpc) is 2.44. The van der Waals surface area contributed by atoms with Crippen LogP contribution in [0.5, 0.6) is 0 Å². The minimum Gasteiger partial charge on any atom is -0.381 e. The largest absolute Gasteiger partial charge is 0.381 e. The first-order valence-electron chi connectivity index (χ1n) is 7.18. The van der Waals surface area contributed by atoms with Crippen LogP contribution in [-0.2, 0) is 14.9 Å². The van der Waals surface area contributed by atoms with Gasteiger partial charge in [0.1, 0.15) is 0 Å². The summed E-state index contributed by atoms with van der Waals surface area (Å²) in [6.45, 7) is 8.02. The zero-order chi connectivity index (χ0) is 15.0. The Labute approximate surface area is 121 Å². The number of nitrogens with two attached hydrogens (primary N) is 1. The highest BCUT2D eigenvalue weighted by Gasteiger charge is 2.17. The van der Waals surface area contributed by atoms with Crippen LogP contribution in [0.15, 0.2) is 24.3 Å². The van der Waals surface area contributed by atoms with Crippen LogP contribution in [0.2, 0.25) is 0 Å². The van der Waals surface area contributed by atoms with Gasteiger partial charge in [0.25, 0.3) is 0 Å². The monoisotopic (exact) mass is 278 g/mol. The van der Waals surface area contributed by atoms with E-state index in [2.05, 4.69) is 19.2 Å². The quantitative estimate of drug-likeness (QED) is 0.719. The van der Waals surface area contributed by atoms with E-state index in [1.165, 1.54) is 5.56 Å². The lowest BCUT2D eigenvalue weighted by Gasteiger charge is -2.23. The molecular formula is C16H26N2O2. The normalized spacial score (nSPS) is 11.4. The highest BCUT2D eigenvalue weighted by Crippen LogP contribution is 2.23. The van der Waals surface area contributed by atoms with Crippen LogP contribution in [0.1, 0.15) is 39.2 Å². The van der Waals surface area contributed by atoms with Gasteiger partial charge in [-0.05, 0) is 24.1 Å². The summed E-state index contributed by atoms with van der Waals surface area (Å²) in [5.41, 5.74) is 7.69. The molecule has 0 aromatic heterocycles. The number of benzene rings is 1. The van der Waals surface area contributed by atoms with Gasteiger partial charge in [-0.3, -0.25) is 4.79 Å². The van der Waals surface area contributed by atoms with Crippen molar-refractivity contribution in [3.63, 3.8) is 0 Å². The Bertz CT molecular complexity index is 413. The molecular weight excluding hydrogens is 252 g/mol. The summed E-state index contributed by atoms with van der Waals surface area (Å²) in [7, 11) is 0. The van der Waals surface area contributed by atoms with E-state index in [0.717, 1.165) is 12.1 Å². The maximum absolute atomic E-state index is 11.7. The highest BCUT2D eigenvalue weighted by atomic mass is 16.5. The van der Waals surface area contributed by atoms with Gasteiger partial charge in [0.2, 0.25) is 5.91 Å². The lowest BCUT2D eigenvalue weighted by molar-refractivity contribution is -0.117. The molecule has 0 heterocycles. The fraction of sp³-hybridized carbons (Fsp3) is 0.562. The molecule has 1 rings (SSSR count). The molecule has 1 aromatic carbocycles. The van der Waals surface area contributed by atoms with Gasteiger partial charge in [0.15, 0.2) is 0 Å². The third-order valence-electron chi connectivity index (χ3n) is 3.28. The zero-order valence-electron chi connectivity index (χ0n) is 12.7. The van der Waals surface area contributed by atoms with Crippen LogP contribution >= 0.6 is 0 Å². The molecule has 4 heteroatoms. The van der Waals surface area contributed by atoms with Crippen molar-refractivity contribution in [2.75, 3.05) is 25.1 Å². The van der Waals surface area contributed by atoms with Crippen molar-refractivity contribution < 1.29 is 9.53 Å². The summed E-state index contributed by atoms with van der Waals surface area (Å²) in [6.07, 6.45) is 1.36. The number of nitrogens with one attached hydrogen (secondary N) is 1. The molecule has 0 aliphatic carbocycles. The van der Waals surface area contributed by atoms with E-state index in [9.17, 15) is 4.79 Å². The number of rotatable bonds is 8. The molecule has 112 valence electrons. The minimum absolute atomic E-state index is 0.0214. The van der Waals surface area contributed by atoms with Gasteiger partial charge in [0, 0.05) is 24.3 Å². The molecule has 20 heavy (non-hydrogen) atoms. The Morgan fingerprint density at radius 2 is 1.90 bits per heavy atom. The number of amides is 1. The smallest absolute Gasteiger partial charge is 0.226 e. The van der Waals surface area contributed by atoms with E-state index in [1.807, 2.05) is 31.2 Å². The van der Waals surface area contributed by atoms with Gasteiger partial charge in [0.05, 0.1) is 13.0 Å². The van der Waals surface area contributed by atoms with Crippen LogP contribution < -0.4 is 11.1 Å². The van der Waals surface area contributed by atoms with Crippen LogP contribution in [0, 0.1) is 0 Å². The van der Waals surface area contributed by atoms with Crippen molar-refractivity contribution in [3.05, 3.63) is 29.8 Å². The Kier molecular flexibility index (Phi) is 6.68. The SMILES string of the molecule is CCCOCCC(=O)Nc1ccc(C(C)(C)CN)cc1. The Morgan fingerprint density at radius 3 is 2.45 bits per heavy atom. The number of hydrogen-bond acceptors (Lipinski definition) is 3. The number of ether oxygens (including phenoxy) is 1. The molecule has 0 spiro atoms. The molecule has 0 saturated heterocycles. The standard InChI is InChI=1S/C16H26N2O2/c1-4-10-20-11-9-15(19)18-14-7-5-13(6-8-14)16(2,3)12-17/h5-8H,4,9-12,17H2,1-3H3,(H,18,19). The third-order valence-corrected chi connectivity index (χ3v) is 3.28. The molecule has 0 bridgehead atoms. The predicted molar refractivity (Wildman–Crippen MR) is 82.9 cm³/mol. The number of carbonyl (C=O) groups excluding carboxylic acids is 1. The van der Waals surface area contributed by atoms with E-state index in [-0.39, 0.29) is 11.3 Å². The van der Waals surface area contributed by atoms with Crippen LogP contribution in [0.4, 0.5) is 5.69 Å². The lowest BCUT2D eigenvalue weighted by Crippen LogP contribution is -2.28. The molecule has 3 N–H and O–H groups in total. The molecule has 4 nitrogen and oxygen atoms in total. The Morgan fingerprint density at radius 1 is 1.25 bits per heavy atom. The molecule has 0 fully saturated rings. The first kappa shape index (κ1) is 16.7. The van der Waals surface area contributed by atoms with Crippen molar-refractivity contribution in [3.8, 4) is 0 Å². The second-order valence-corrected chi connectivity index (χ2v) is 5.58. The average molecular weight is 278 g/mol. The first-order chi connectivity index (χ1) is 9.49. The van der Waals surface area contributed by atoms with Gasteiger partial charge in [-0.25, -0.2) is 0 Å². The van der Waals surface area contributed by atoms with Crippen LogP contribution in [-0.4, -0.2) is 25.7 Å². The summed E-state index contributed by atoms with van der Waals surface area (Å²) < 4.78 is 5.29. The van der Waals surface area contributed by atoms with Crippen LogP contribution in [0.25, 0.3) is 0 Å². The van der Waals surface area contributed by atoms with Crippen molar-refractivity contribution in [1.82, 2.24) is 0 Å². The fourth-order valence-corrected chi connectivity index (χ4v) is 1.76. The molecule has 0 unspecified atom stereocenters. The maximum Gasteiger partial charge on any atom is 0.226 e. The van der Waals surface area contributed by atoms with Crippen LogP contribution in [0.3, 0.4) is 0 Å². The van der Waals surface area contributed by atoms with E-state index in [0.29, 0.717) is 26.2 Å². The molecule has 0 radical (unpaired) electrons. The summed E-state index contributed by atoms with van der Waals surface area (Å²) in [4.78, 5) is 11.7. The minimum atomic E-state index is -0.0451. The fourth-order valence-electron chi connectivity index (χ4n) is 1.76. The van der Waals surface area contributed by atoms with E-state index in [4.69, 9.17) is 10.5 Å². The van der Waals surface area contributed by atoms with Gasteiger partial charge >= 0.3 is 0 Å². The number of anilines is 1. The van der Waals surface area contributed by atoms with E-state index >= 15 is 0 Å². The summed E-state index contributed by atoms with van der Waals surface area (Å²) in [5.74, 6) is -0.0214. The first-order valence-corrected chi connectivity index (χ1v) is 7.18.